The van der Waals surface area contributed by atoms with Crippen LogP contribution in [0.25, 0.3) is 0 Å². The molecule has 8 heteroatoms. The molecule has 27 heavy (non-hydrogen) atoms. The average molecular weight is 394 g/mol. The summed E-state index contributed by atoms with van der Waals surface area (Å²) in [7, 11) is 3.13. The Hall–Kier alpha value is -1.93. The van der Waals surface area contributed by atoms with E-state index in [1.54, 1.807) is 37.3 Å². The molecular weight excluding hydrogens is 366 g/mol. The summed E-state index contributed by atoms with van der Waals surface area (Å²) >= 11 is 1.89. The molecule has 1 atom stereocenters. The summed E-state index contributed by atoms with van der Waals surface area (Å²) in [6.45, 7) is 3.19. The van der Waals surface area contributed by atoms with E-state index in [1.165, 1.54) is 0 Å². The molecule has 2 amide bonds. The summed E-state index contributed by atoms with van der Waals surface area (Å²) in [6, 6.07) is 5.44. The van der Waals surface area contributed by atoms with Gasteiger partial charge in [0, 0.05) is 68.3 Å². The predicted molar refractivity (Wildman–Crippen MR) is 106 cm³/mol. The minimum absolute atomic E-state index is 0.0651. The first kappa shape index (κ1) is 19.8. The van der Waals surface area contributed by atoms with Gasteiger partial charge >= 0.3 is 0 Å². The fraction of sp³-hybridized carbons (Fsp3) is 0.579. The Morgan fingerprint density at radius 1 is 1.07 bits per heavy atom. The number of amides is 2. The lowest BCUT2D eigenvalue weighted by molar-refractivity contribution is -0.133. The second kappa shape index (κ2) is 9.32. The lowest BCUT2D eigenvalue weighted by Crippen LogP contribution is -2.52. The van der Waals surface area contributed by atoms with E-state index >= 15 is 0 Å². The van der Waals surface area contributed by atoms with Crippen molar-refractivity contribution in [2.24, 2.45) is 0 Å². The molecule has 2 fully saturated rings. The monoisotopic (exact) mass is 393 g/mol. The van der Waals surface area contributed by atoms with Gasteiger partial charge in [-0.15, -0.1) is 0 Å². The zero-order valence-electron chi connectivity index (χ0n) is 15.9. The molecule has 7 nitrogen and oxygen atoms in total. The van der Waals surface area contributed by atoms with Gasteiger partial charge in [-0.2, -0.15) is 11.8 Å². The van der Waals surface area contributed by atoms with Gasteiger partial charge in [0.15, 0.2) is 0 Å². The van der Waals surface area contributed by atoms with Crippen molar-refractivity contribution in [3.8, 4) is 11.5 Å². The van der Waals surface area contributed by atoms with Crippen molar-refractivity contribution < 1.29 is 19.1 Å². The maximum atomic E-state index is 12.8. The van der Waals surface area contributed by atoms with E-state index in [-0.39, 0.29) is 17.9 Å². The third-order valence-electron chi connectivity index (χ3n) is 4.94. The molecule has 1 unspecified atom stereocenters. The van der Waals surface area contributed by atoms with Gasteiger partial charge in [-0.1, -0.05) is 0 Å². The van der Waals surface area contributed by atoms with Crippen molar-refractivity contribution in [2.75, 3.05) is 58.4 Å². The molecule has 1 N–H and O–H groups in total. The maximum Gasteiger partial charge on any atom is 0.254 e. The average Bonchev–Trinajstić information content (AvgIpc) is 2.73. The fourth-order valence-electron chi connectivity index (χ4n) is 3.36. The first-order chi connectivity index (χ1) is 13.1. The second-order valence-electron chi connectivity index (χ2n) is 6.70. The zero-order valence-corrected chi connectivity index (χ0v) is 16.7. The van der Waals surface area contributed by atoms with Gasteiger partial charge in [-0.25, -0.2) is 0 Å². The quantitative estimate of drug-likeness (QED) is 0.807. The van der Waals surface area contributed by atoms with Crippen LogP contribution in [-0.4, -0.2) is 86.1 Å². The highest BCUT2D eigenvalue weighted by Crippen LogP contribution is 2.24. The molecule has 0 spiro atoms. The number of methoxy groups -OCH3 is 2. The first-order valence-corrected chi connectivity index (χ1v) is 10.4. The van der Waals surface area contributed by atoms with E-state index in [4.69, 9.17) is 9.47 Å². The first-order valence-electron chi connectivity index (χ1n) is 9.22. The molecule has 1 aromatic carbocycles. The molecule has 148 valence electrons. The van der Waals surface area contributed by atoms with Crippen molar-refractivity contribution >= 4 is 23.6 Å². The fourth-order valence-corrected chi connectivity index (χ4v) is 4.31. The zero-order chi connectivity index (χ0) is 19.2. The number of carbonyl (C=O) groups is 2. The SMILES string of the molecule is COc1cc(OC)cc(C(=O)N2CCN(C(=O)CC3CSCCN3)CC2)c1. The molecule has 2 heterocycles. The molecule has 2 aliphatic rings. The van der Waals surface area contributed by atoms with Crippen molar-refractivity contribution in [2.45, 2.75) is 12.5 Å². The Balaban J connectivity index is 1.55. The normalized spacial score (nSPS) is 20.3. The van der Waals surface area contributed by atoms with Crippen LogP contribution < -0.4 is 14.8 Å². The predicted octanol–water partition coefficient (Wildman–Crippen LogP) is 1.08. The maximum absolute atomic E-state index is 12.8. The Bertz CT molecular complexity index is 649. The van der Waals surface area contributed by atoms with E-state index in [9.17, 15) is 9.59 Å². The molecule has 0 radical (unpaired) electrons. The van der Waals surface area contributed by atoms with Crippen LogP contribution in [-0.2, 0) is 4.79 Å². The van der Waals surface area contributed by atoms with Crippen LogP contribution in [0.4, 0.5) is 0 Å². The van der Waals surface area contributed by atoms with Crippen LogP contribution in [0, 0.1) is 0 Å². The largest absolute Gasteiger partial charge is 0.497 e. The third-order valence-corrected chi connectivity index (χ3v) is 6.07. The smallest absolute Gasteiger partial charge is 0.254 e. The van der Waals surface area contributed by atoms with Crippen LogP contribution >= 0.6 is 11.8 Å². The topological polar surface area (TPSA) is 71.1 Å². The number of rotatable bonds is 5. The Morgan fingerprint density at radius 3 is 2.26 bits per heavy atom. The summed E-state index contributed by atoms with van der Waals surface area (Å²) in [4.78, 5) is 29.0. The number of hydrogen-bond donors (Lipinski definition) is 1. The summed E-state index contributed by atoms with van der Waals surface area (Å²) in [5.41, 5.74) is 0.536. The number of nitrogens with zero attached hydrogens (tertiary/aromatic N) is 2. The highest BCUT2D eigenvalue weighted by atomic mass is 32.2. The van der Waals surface area contributed by atoms with Gasteiger partial charge in [-0.05, 0) is 12.1 Å². The second-order valence-corrected chi connectivity index (χ2v) is 7.85. The van der Waals surface area contributed by atoms with Crippen molar-refractivity contribution in [1.82, 2.24) is 15.1 Å². The van der Waals surface area contributed by atoms with E-state index < -0.39 is 0 Å². The Kier molecular flexibility index (Phi) is 6.84. The van der Waals surface area contributed by atoms with E-state index in [0.29, 0.717) is 49.7 Å². The van der Waals surface area contributed by atoms with Crippen molar-refractivity contribution in [3.63, 3.8) is 0 Å². The molecule has 0 aliphatic carbocycles. The minimum atomic E-state index is -0.0651. The van der Waals surface area contributed by atoms with Gasteiger partial charge in [-0.3, -0.25) is 9.59 Å². The Morgan fingerprint density at radius 2 is 1.70 bits per heavy atom. The van der Waals surface area contributed by atoms with Crippen LogP contribution in [0.2, 0.25) is 0 Å². The molecule has 1 aromatic rings. The minimum Gasteiger partial charge on any atom is -0.497 e. The Labute approximate surface area is 164 Å². The van der Waals surface area contributed by atoms with Gasteiger partial charge < -0.3 is 24.6 Å². The number of benzene rings is 1. The van der Waals surface area contributed by atoms with E-state index in [1.807, 2.05) is 16.7 Å². The van der Waals surface area contributed by atoms with Crippen LogP contribution in [0.3, 0.4) is 0 Å². The molecule has 0 aromatic heterocycles. The number of nitrogens with one attached hydrogen (secondary N) is 1. The van der Waals surface area contributed by atoms with Crippen molar-refractivity contribution in [1.29, 1.82) is 0 Å². The third kappa shape index (κ3) is 5.07. The lowest BCUT2D eigenvalue weighted by atomic mass is 10.1. The molecule has 0 bridgehead atoms. The van der Waals surface area contributed by atoms with Gasteiger partial charge in [0.2, 0.25) is 5.91 Å². The molecule has 2 saturated heterocycles. The van der Waals surface area contributed by atoms with Crippen LogP contribution in [0.1, 0.15) is 16.8 Å². The molecule has 2 aliphatic heterocycles. The number of thioether (sulfide) groups is 1. The van der Waals surface area contributed by atoms with Crippen LogP contribution in [0.5, 0.6) is 11.5 Å². The summed E-state index contributed by atoms with van der Waals surface area (Å²) in [5.74, 6) is 3.38. The molecule has 0 saturated carbocycles. The summed E-state index contributed by atoms with van der Waals surface area (Å²) in [6.07, 6.45) is 0.536. The van der Waals surface area contributed by atoms with Gasteiger partial charge in [0.25, 0.3) is 5.91 Å². The highest BCUT2D eigenvalue weighted by Gasteiger charge is 2.27. The van der Waals surface area contributed by atoms with Crippen LogP contribution in [0.15, 0.2) is 18.2 Å². The molecule has 3 rings (SSSR count). The van der Waals surface area contributed by atoms with Gasteiger partial charge in [0.05, 0.1) is 14.2 Å². The van der Waals surface area contributed by atoms with Gasteiger partial charge in [0.1, 0.15) is 11.5 Å². The van der Waals surface area contributed by atoms with E-state index in [2.05, 4.69) is 5.32 Å². The number of carbonyl (C=O) groups excluding carboxylic acids is 2. The summed E-state index contributed by atoms with van der Waals surface area (Å²) < 4.78 is 10.5. The van der Waals surface area contributed by atoms with E-state index in [0.717, 1.165) is 18.1 Å². The number of hydrogen-bond acceptors (Lipinski definition) is 6. The highest BCUT2D eigenvalue weighted by molar-refractivity contribution is 7.99. The summed E-state index contributed by atoms with van der Waals surface area (Å²) in [5, 5.41) is 3.40. The standard InChI is InChI=1S/C19H27N3O4S/c1-25-16-9-14(10-17(12-16)26-2)19(24)22-6-4-21(5-7-22)18(23)11-15-13-27-8-3-20-15/h9-10,12,15,20H,3-8,11,13H2,1-2H3. The number of piperazine rings is 1. The van der Waals surface area contributed by atoms with Crippen molar-refractivity contribution in [3.05, 3.63) is 23.8 Å². The lowest BCUT2D eigenvalue weighted by Gasteiger charge is -2.36. The molecular formula is C19H27N3O4S. The number of ether oxygens (including phenoxy) is 2.